The van der Waals surface area contributed by atoms with Crippen molar-refractivity contribution in [2.75, 3.05) is 33.9 Å². The quantitative estimate of drug-likeness (QED) is 0.513. The SMILES string of the molecule is C=CCN(CC(C)C(=O)OC)C(=O)COc1cccc(OC)c1. The molecule has 6 heteroatoms. The average Bonchev–Trinajstić information content (AvgIpc) is 2.58. The number of hydrogen-bond acceptors (Lipinski definition) is 5. The van der Waals surface area contributed by atoms with Gasteiger partial charge in [0.15, 0.2) is 6.61 Å². The molecular weight excluding hydrogens is 298 g/mol. The summed E-state index contributed by atoms with van der Waals surface area (Å²) in [6, 6.07) is 7.00. The maximum Gasteiger partial charge on any atom is 0.310 e. The molecule has 126 valence electrons. The van der Waals surface area contributed by atoms with Crippen molar-refractivity contribution in [3.8, 4) is 11.5 Å². The first-order valence-corrected chi connectivity index (χ1v) is 7.25. The van der Waals surface area contributed by atoms with Crippen LogP contribution in [0.4, 0.5) is 0 Å². The molecule has 0 heterocycles. The highest BCUT2D eigenvalue weighted by Gasteiger charge is 2.21. The van der Waals surface area contributed by atoms with Crippen molar-refractivity contribution in [3.05, 3.63) is 36.9 Å². The highest BCUT2D eigenvalue weighted by molar-refractivity contribution is 5.79. The molecule has 0 N–H and O–H groups in total. The fourth-order valence-electron chi connectivity index (χ4n) is 1.97. The van der Waals surface area contributed by atoms with Gasteiger partial charge in [-0.2, -0.15) is 0 Å². The molecule has 0 saturated heterocycles. The molecule has 0 spiro atoms. The maximum absolute atomic E-state index is 12.3. The maximum atomic E-state index is 12.3. The van der Waals surface area contributed by atoms with E-state index in [1.807, 2.05) is 0 Å². The van der Waals surface area contributed by atoms with E-state index < -0.39 is 5.92 Å². The Bertz CT molecular complexity index is 544. The lowest BCUT2D eigenvalue weighted by molar-refractivity contribution is -0.146. The van der Waals surface area contributed by atoms with Gasteiger partial charge in [-0.05, 0) is 12.1 Å². The fraction of sp³-hybridized carbons (Fsp3) is 0.412. The summed E-state index contributed by atoms with van der Waals surface area (Å²) in [6.07, 6.45) is 1.60. The Balaban J connectivity index is 2.63. The van der Waals surface area contributed by atoms with Gasteiger partial charge < -0.3 is 19.1 Å². The number of methoxy groups -OCH3 is 2. The van der Waals surface area contributed by atoms with Crippen molar-refractivity contribution in [1.82, 2.24) is 4.90 Å². The standard InChI is InChI=1S/C17H23NO5/c1-5-9-18(11-13(2)17(20)22-4)16(19)12-23-15-8-6-7-14(10-15)21-3/h5-8,10,13H,1,9,11-12H2,2-4H3. The fourth-order valence-corrected chi connectivity index (χ4v) is 1.97. The first-order chi connectivity index (χ1) is 11.0. The van der Waals surface area contributed by atoms with Crippen LogP contribution in [0.3, 0.4) is 0 Å². The molecule has 0 aliphatic rings. The molecule has 0 aliphatic carbocycles. The van der Waals surface area contributed by atoms with Crippen LogP contribution >= 0.6 is 0 Å². The summed E-state index contributed by atoms with van der Waals surface area (Å²) in [4.78, 5) is 25.3. The summed E-state index contributed by atoms with van der Waals surface area (Å²) >= 11 is 0. The van der Waals surface area contributed by atoms with Gasteiger partial charge in [0.1, 0.15) is 11.5 Å². The third kappa shape index (κ3) is 6.02. The van der Waals surface area contributed by atoms with Gasteiger partial charge in [0, 0.05) is 19.2 Å². The van der Waals surface area contributed by atoms with Crippen LogP contribution in [0.2, 0.25) is 0 Å². The van der Waals surface area contributed by atoms with Gasteiger partial charge in [-0.1, -0.05) is 19.1 Å². The zero-order chi connectivity index (χ0) is 17.2. The third-order valence-electron chi connectivity index (χ3n) is 3.20. The minimum absolute atomic E-state index is 0.130. The molecule has 1 aromatic carbocycles. The molecular formula is C17H23NO5. The van der Waals surface area contributed by atoms with Crippen molar-refractivity contribution < 1.29 is 23.8 Å². The minimum atomic E-state index is -0.416. The van der Waals surface area contributed by atoms with Crippen molar-refractivity contribution in [2.24, 2.45) is 5.92 Å². The number of ether oxygens (including phenoxy) is 3. The molecule has 0 aromatic heterocycles. The van der Waals surface area contributed by atoms with Gasteiger partial charge in [0.25, 0.3) is 5.91 Å². The van der Waals surface area contributed by atoms with E-state index in [4.69, 9.17) is 9.47 Å². The van der Waals surface area contributed by atoms with Gasteiger partial charge in [-0.25, -0.2) is 0 Å². The molecule has 1 aromatic rings. The van der Waals surface area contributed by atoms with Gasteiger partial charge in [-0.15, -0.1) is 6.58 Å². The summed E-state index contributed by atoms with van der Waals surface area (Å²) in [5.74, 6) is 0.180. The number of esters is 1. The molecule has 1 amide bonds. The van der Waals surface area contributed by atoms with Crippen LogP contribution in [0.15, 0.2) is 36.9 Å². The molecule has 0 radical (unpaired) electrons. The van der Waals surface area contributed by atoms with Gasteiger partial charge in [0.05, 0.1) is 20.1 Å². The van der Waals surface area contributed by atoms with Crippen LogP contribution in [0.25, 0.3) is 0 Å². The predicted octanol–water partition coefficient (Wildman–Crippen LogP) is 1.90. The Morgan fingerprint density at radius 2 is 2.00 bits per heavy atom. The van der Waals surface area contributed by atoms with Crippen LogP contribution in [0.5, 0.6) is 11.5 Å². The van der Waals surface area contributed by atoms with Crippen LogP contribution in [-0.2, 0) is 14.3 Å². The second kappa shape index (κ2) is 9.50. The zero-order valence-electron chi connectivity index (χ0n) is 13.8. The molecule has 6 nitrogen and oxygen atoms in total. The summed E-state index contributed by atoms with van der Waals surface area (Å²) in [6.45, 7) is 5.79. The highest BCUT2D eigenvalue weighted by Crippen LogP contribution is 2.18. The Kier molecular flexibility index (Phi) is 7.66. The minimum Gasteiger partial charge on any atom is -0.497 e. The van der Waals surface area contributed by atoms with Crippen molar-refractivity contribution in [1.29, 1.82) is 0 Å². The molecule has 0 bridgehead atoms. The lowest BCUT2D eigenvalue weighted by Crippen LogP contribution is -2.40. The molecule has 1 atom stereocenters. The van der Waals surface area contributed by atoms with E-state index in [2.05, 4.69) is 11.3 Å². The average molecular weight is 321 g/mol. The summed E-state index contributed by atoms with van der Waals surface area (Å²) in [7, 11) is 2.88. The van der Waals surface area contributed by atoms with E-state index in [1.54, 1.807) is 44.4 Å². The Morgan fingerprint density at radius 1 is 1.30 bits per heavy atom. The van der Waals surface area contributed by atoms with Gasteiger partial charge in [-0.3, -0.25) is 9.59 Å². The summed E-state index contributed by atoms with van der Waals surface area (Å²) in [5, 5.41) is 0. The Labute approximate surface area is 136 Å². The molecule has 0 saturated carbocycles. The summed E-state index contributed by atoms with van der Waals surface area (Å²) in [5.41, 5.74) is 0. The van der Waals surface area contributed by atoms with Crippen LogP contribution in [-0.4, -0.2) is 50.7 Å². The number of carbonyl (C=O) groups is 2. The monoisotopic (exact) mass is 321 g/mol. The first-order valence-electron chi connectivity index (χ1n) is 7.25. The number of hydrogen-bond donors (Lipinski definition) is 0. The number of benzene rings is 1. The second-order valence-corrected chi connectivity index (χ2v) is 4.98. The van der Waals surface area contributed by atoms with Gasteiger partial charge >= 0.3 is 5.97 Å². The normalized spacial score (nSPS) is 11.3. The second-order valence-electron chi connectivity index (χ2n) is 4.98. The van der Waals surface area contributed by atoms with Crippen molar-refractivity contribution >= 4 is 11.9 Å². The third-order valence-corrected chi connectivity index (χ3v) is 3.20. The lowest BCUT2D eigenvalue weighted by atomic mass is 10.1. The van der Waals surface area contributed by atoms with E-state index in [9.17, 15) is 9.59 Å². The highest BCUT2D eigenvalue weighted by atomic mass is 16.5. The summed E-state index contributed by atoms with van der Waals surface area (Å²) < 4.78 is 15.3. The number of nitrogens with zero attached hydrogens (tertiary/aromatic N) is 1. The molecule has 1 unspecified atom stereocenters. The Morgan fingerprint density at radius 3 is 2.61 bits per heavy atom. The van der Waals surface area contributed by atoms with E-state index in [-0.39, 0.29) is 25.0 Å². The molecule has 23 heavy (non-hydrogen) atoms. The molecule has 0 fully saturated rings. The van der Waals surface area contributed by atoms with Crippen LogP contribution < -0.4 is 9.47 Å². The first kappa shape index (κ1) is 18.5. The van der Waals surface area contributed by atoms with E-state index in [0.717, 1.165) is 0 Å². The smallest absolute Gasteiger partial charge is 0.310 e. The lowest BCUT2D eigenvalue weighted by Gasteiger charge is -2.23. The van der Waals surface area contributed by atoms with Crippen molar-refractivity contribution in [3.63, 3.8) is 0 Å². The van der Waals surface area contributed by atoms with Crippen LogP contribution in [0, 0.1) is 5.92 Å². The Hall–Kier alpha value is -2.50. The predicted molar refractivity (Wildman–Crippen MR) is 86.4 cm³/mol. The molecule has 0 aliphatic heterocycles. The van der Waals surface area contributed by atoms with E-state index in [1.165, 1.54) is 12.0 Å². The van der Waals surface area contributed by atoms with E-state index in [0.29, 0.717) is 18.0 Å². The zero-order valence-corrected chi connectivity index (χ0v) is 13.8. The largest absolute Gasteiger partial charge is 0.497 e. The topological polar surface area (TPSA) is 65.1 Å². The van der Waals surface area contributed by atoms with Crippen molar-refractivity contribution in [2.45, 2.75) is 6.92 Å². The van der Waals surface area contributed by atoms with Gasteiger partial charge in [0.2, 0.25) is 0 Å². The number of amides is 1. The number of carbonyl (C=O) groups excluding carboxylic acids is 2. The number of rotatable bonds is 9. The van der Waals surface area contributed by atoms with E-state index >= 15 is 0 Å². The molecule has 1 rings (SSSR count). The van der Waals surface area contributed by atoms with Crippen LogP contribution in [0.1, 0.15) is 6.92 Å².